The molecule has 7 nitrogen and oxygen atoms in total. The zero-order chi connectivity index (χ0) is 23.2. The summed E-state index contributed by atoms with van der Waals surface area (Å²) in [4.78, 5) is 16.8. The fourth-order valence-corrected chi connectivity index (χ4v) is 4.78. The molecule has 0 aliphatic carbocycles. The van der Waals surface area contributed by atoms with E-state index in [-0.39, 0.29) is 11.6 Å². The van der Waals surface area contributed by atoms with Gasteiger partial charge in [0.2, 0.25) is 0 Å². The quantitative estimate of drug-likeness (QED) is 0.277. The van der Waals surface area contributed by atoms with Crippen molar-refractivity contribution in [3.8, 4) is 33.8 Å². The first-order chi connectivity index (χ1) is 16.6. The molecule has 168 valence electrons. The van der Waals surface area contributed by atoms with E-state index in [4.69, 9.17) is 0 Å². The number of pyridine rings is 2. The van der Waals surface area contributed by atoms with Gasteiger partial charge in [-0.2, -0.15) is 16.4 Å². The maximum Gasteiger partial charge on any atom is 0.178 e. The molecular weight excluding hydrogens is 449 g/mol. The van der Waals surface area contributed by atoms with Gasteiger partial charge in [0, 0.05) is 41.1 Å². The second kappa shape index (κ2) is 8.03. The first kappa shape index (κ1) is 20.5. The van der Waals surface area contributed by atoms with Crippen LogP contribution in [0.15, 0.2) is 59.7 Å². The van der Waals surface area contributed by atoms with Crippen LogP contribution in [0.1, 0.15) is 13.8 Å². The molecule has 1 aromatic carbocycles. The van der Waals surface area contributed by atoms with E-state index in [0.717, 1.165) is 27.9 Å². The van der Waals surface area contributed by atoms with Gasteiger partial charge < -0.3 is 10.3 Å². The predicted molar refractivity (Wildman–Crippen MR) is 134 cm³/mol. The van der Waals surface area contributed by atoms with Crippen LogP contribution >= 0.6 is 11.3 Å². The van der Waals surface area contributed by atoms with Crippen molar-refractivity contribution in [1.29, 1.82) is 0 Å². The summed E-state index contributed by atoms with van der Waals surface area (Å²) in [7, 11) is 0. The SMILES string of the molecule is CC(C)Nc1cncc(-c2cc(F)c3n[nH]c(-c4nc5nccc(-c6ccsc6)c5[nH]4)c3c2)c1. The Kier molecular flexibility index (Phi) is 4.84. The van der Waals surface area contributed by atoms with Crippen molar-refractivity contribution < 1.29 is 4.39 Å². The van der Waals surface area contributed by atoms with Crippen molar-refractivity contribution in [3.63, 3.8) is 0 Å². The Morgan fingerprint density at radius 3 is 2.79 bits per heavy atom. The number of nitrogens with zero attached hydrogens (tertiary/aromatic N) is 4. The zero-order valence-electron chi connectivity index (χ0n) is 18.4. The van der Waals surface area contributed by atoms with Crippen molar-refractivity contribution in [1.82, 2.24) is 30.1 Å². The van der Waals surface area contributed by atoms with E-state index in [2.05, 4.69) is 60.7 Å². The Morgan fingerprint density at radius 1 is 1.06 bits per heavy atom. The smallest absolute Gasteiger partial charge is 0.178 e. The lowest BCUT2D eigenvalue weighted by atomic mass is 10.0. The highest BCUT2D eigenvalue weighted by molar-refractivity contribution is 7.08. The predicted octanol–water partition coefficient (Wildman–Crippen LogP) is 6.25. The van der Waals surface area contributed by atoms with Gasteiger partial charge in [-0.3, -0.25) is 10.1 Å². The van der Waals surface area contributed by atoms with Gasteiger partial charge in [0.1, 0.15) is 11.2 Å². The van der Waals surface area contributed by atoms with Gasteiger partial charge in [0.15, 0.2) is 17.3 Å². The van der Waals surface area contributed by atoms with Gasteiger partial charge in [-0.25, -0.2) is 14.4 Å². The topological polar surface area (TPSA) is 95.2 Å². The van der Waals surface area contributed by atoms with Crippen molar-refractivity contribution in [3.05, 3.63) is 65.5 Å². The van der Waals surface area contributed by atoms with E-state index in [0.29, 0.717) is 28.1 Å². The van der Waals surface area contributed by atoms with Crippen LogP contribution in [-0.4, -0.2) is 36.2 Å². The van der Waals surface area contributed by atoms with E-state index < -0.39 is 5.82 Å². The molecule has 6 rings (SSSR count). The van der Waals surface area contributed by atoms with Crippen molar-refractivity contribution in [2.75, 3.05) is 5.32 Å². The molecule has 0 bridgehead atoms. The van der Waals surface area contributed by atoms with Crippen LogP contribution in [0, 0.1) is 5.82 Å². The molecule has 0 unspecified atom stereocenters. The minimum atomic E-state index is -0.412. The third-order valence-electron chi connectivity index (χ3n) is 5.60. The molecule has 0 radical (unpaired) electrons. The Bertz CT molecular complexity index is 1630. The molecule has 0 aliphatic rings. The lowest BCUT2D eigenvalue weighted by Crippen LogP contribution is -2.09. The fourth-order valence-electron chi connectivity index (χ4n) is 4.12. The van der Waals surface area contributed by atoms with Crippen LogP contribution in [0.2, 0.25) is 0 Å². The maximum atomic E-state index is 15.1. The second-order valence-electron chi connectivity index (χ2n) is 8.37. The van der Waals surface area contributed by atoms with Gasteiger partial charge in [-0.1, -0.05) is 0 Å². The first-order valence-corrected chi connectivity index (χ1v) is 11.8. The third kappa shape index (κ3) is 3.50. The number of aromatic nitrogens is 6. The van der Waals surface area contributed by atoms with E-state index in [1.54, 1.807) is 29.9 Å². The van der Waals surface area contributed by atoms with Crippen LogP contribution in [0.25, 0.3) is 55.8 Å². The lowest BCUT2D eigenvalue weighted by Gasteiger charge is -2.11. The highest BCUT2D eigenvalue weighted by Gasteiger charge is 2.18. The normalized spacial score (nSPS) is 11.6. The molecule has 0 saturated carbocycles. The largest absolute Gasteiger partial charge is 0.382 e. The van der Waals surface area contributed by atoms with Crippen LogP contribution in [0.5, 0.6) is 0 Å². The van der Waals surface area contributed by atoms with Gasteiger partial charge >= 0.3 is 0 Å². The van der Waals surface area contributed by atoms with E-state index in [1.807, 2.05) is 23.6 Å². The van der Waals surface area contributed by atoms with Crippen LogP contribution in [0.3, 0.4) is 0 Å². The minimum absolute atomic E-state index is 0.259. The summed E-state index contributed by atoms with van der Waals surface area (Å²) in [6.45, 7) is 4.12. The molecular formula is C25H20FN7S. The van der Waals surface area contributed by atoms with Crippen molar-refractivity contribution >= 4 is 39.1 Å². The van der Waals surface area contributed by atoms with E-state index in [1.165, 1.54) is 6.07 Å². The number of imidazole rings is 1. The summed E-state index contributed by atoms with van der Waals surface area (Å²) in [6.07, 6.45) is 5.23. The molecule has 34 heavy (non-hydrogen) atoms. The number of thiophene rings is 1. The Labute approximate surface area is 198 Å². The summed E-state index contributed by atoms with van der Waals surface area (Å²) >= 11 is 1.63. The van der Waals surface area contributed by atoms with Gasteiger partial charge in [0.05, 0.1) is 11.2 Å². The lowest BCUT2D eigenvalue weighted by molar-refractivity contribution is 0.636. The summed E-state index contributed by atoms with van der Waals surface area (Å²) in [5, 5.41) is 15.3. The number of benzene rings is 1. The molecule has 0 aliphatic heterocycles. The van der Waals surface area contributed by atoms with E-state index >= 15 is 4.39 Å². The average molecular weight is 470 g/mol. The second-order valence-corrected chi connectivity index (χ2v) is 9.15. The number of halogens is 1. The average Bonchev–Trinajstić information content (AvgIpc) is 3.57. The highest BCUT2D eigenvalue weighted by Crippen LogP contribution is 2.34. The fraction of sp³-hybridized carbons (Fsp3) is 0.120. The molecule has 0 saturated heterocycles. The summed E-state index contributed by atoms with van der Waals surface area (Å²) in [5.74, 6) is 0.142. The Hall–Kier alpha value is -4.11. The number of aromatic amines is 2. The monoisotopic (exact) mass is 469 g/mol. The number of hydrogen-bond donors (Lipinski definition) is 3. The zero-order valence-corrected chi connectivity index (χ0v) is 19.2. The highest BCUT2D eigenvalue weighted by atomic mass is 32.1. The molecule has 0 atom stereocenters. The summed E-state index contributed by atoms with van der Waals surface area (Å²) in [6, 6.07) is 9.64. The van der Waals surface area contributed by atoms with Crippen molar-refractivity contribution in [2.45, 2.75) is 19.9 Å². The van der Waals surface area contributed by atoms with E-state index in [9.17, 15) is 0 Å². The molecule has 0 spiro atoms. The molecule has 3 N–H and O–H groups in total. The van der Waals surface area contributed by atoms with Gasteiger partial charge in [-0.05, 0) is 66.1 Å². The Morgan fingerprint density at radius 2 is 1.97 bits per heavy atom. The van der Waals surface area contributed by atoms with Gasteiger partial charge in [0.25, 0.3) is 0 Å². The van der Waals surface area contributed by atoms with Gasteiger partial charge in [-0.15, -0.1) is 0 Å². The number of rotatable bonds is 5. The van der Waals surface area contributed by atoms with Crippen molar-refractivity contribution in [2.24, 2.45) is 0 Å². The van der Waals surface area contributed by atoms with Crippen LogP contribution < -0.4 is 5.32 Å². The number of fused-ring (bicyclic) bond motifs is 2. The number of anilines is 1. The number of H-pyrrole nitrogens is 2. The molecule has 0 fully saturated rings. The maximum absolute atomic E-state index is 15.1. The Balaban J connectivity index is 1.49. The first-order valence-electron chi connectivity index (χ1n) is 10.8. The molecule has 9 heteroatoms. The summed E-state index contributed by atoms with van der Waals surface area (Å²) in [5.41, 5.74) is 6.79. The molecule has 0 amide bonds. The summed E-state index contributed by atoms with van der Waals surface area (Å²) < 4.78 is 15.1. The van der Waals surface area contributed by atoms with Crippen LogP contribution in [-0.2, 0) is 0 Å². The third-order valence-corrected chi connectivity index (χ3v) is 6.28. The molecule has 5 heterocycles. The number of nitrogens with one attached hydrogen (secondary N) is 3. The molecule has 6 aromatic rings. The minimum Gasteiger partial charge on any atom is -0.382 e. The number of hydrogen-bond acceptors (Lipinski definition) is 6. The standard InChI is InChI=1S/C25H20FN7S/c1-13(2)29-17-7-16(10-27-11-17)15-8-19-21(20(26)9-15)32-33-23(19)25-30-22-18(14-4-6-34-12-14)3-5-28-24(22)31-25/h3-13,29H,1-2H3,(H,32,33)(H,28,30,31). The van der Waals surface area contributed by atoms with Crippen LogP contribution in [0.4, 0.5) is 10.1 Å². The molecule has 5 aromatic heterocycles.